The maximum Gasteiger partial charge on any atom is 0.472 e. The fourth-order valence-electron chi connectivity index (χ4n) is 6.40. The van der Waals surface area contributed by atoms with Gasteiger partial charge in [-0.15, -0.1) is 0 Å². The van der Waals surface area contributed by atoms with Crippen molar-refractivity contribution in [3.05, 3.63) is 12.2 Å². The Hall–Kier alpha value is -1.90. The minimum Gasteiger partial charge on any atom is -0.467 e. The summed E-state index contributed by atoms with van der Waals surface area (Å²) in [6.07, 6.45) is 24.6. The molecule has 0 saturated carbocycles. The van der Waals surface area contributed by atoms with Crippen molar-refractivity contribution in [2.24, 2.45) is 0 Å². The molecule has 0 aromatic rings. The van der Waals surface area contributed by atoms with Crippen molar-refractivity contribution in [3.8, 4) is 0 Å². The normalized spacial score (nSPS) is 15.3. The molecule has 0 aromatic heterocycles. The number of aliphatic hydroxyl groups excluding tert-OH is 4. The molecule has 0 heterocycles. The van der Waals surface area contributed by atoms with E-state index in [0.717, 1.165) is 64.9 Å². The van der Waals surface area contributed by atoms with Gasteiger partial charge in [-0.05, 0) is 38.5 Å². The Morgan fingerprint density at radius 3 is 1.41 bits per heavy atom. The van der Waals surface area contributed by atoms with Crippen LogP contribution in [0.25, 0.3) is 0 Å². The number of hydrogen-bond donors (Lipinski definition) is 5. The lowest BCUT2D eigenvalue weighted by atomic mass is 10.0. The first kappa shape index (κ1) is 57.1. The van der Waals surface area contributed by atoms with E-state index in [0.29, 0.717) is 12.8 Å². The molecule has 0 bridgehead atoms. The summed E-state index contributed by atoms with van der Waals surface area (Å²) in [4.78, 5) is 46.9. The summed E-state index contributed by atoms with van der Waals surface area (Å²) in [5.41, 5.74) is 0. The summed E-state index contributed by atoms with van der Waals surface area (Å²) in [6.45, 7) is 2.29. The molecule has 0 aliphatic carbocycles. The van der Waals surface area contributed by atoms with Gasteiger partial charge in [0, 0.05) is 12.8 Å². The lowest BCUT2D eigenvalue weighted by Crippen LogP contribution is -2.49. The minimum absolute atomic E-state index is 0.0959. The van der Waals surface area contributed by atoms with Crippen LogP contribution in [0.15, 0.2) is 12.2 Å². The number of allylic oxidation sites excluding steroid dienone is 2. The van der Waals surface area contributed by atoms with Crippen LogP contribution in [-0.2, 0) is 42.2 Å². The zero-order valence-electron chi connectivity index (χ0n) is 36.8. The molecule has 6 unspecified atom stereocenters. The second-order valence-electron chi connectivity index (χ2n) is 15.7. The fraction of sp³-hybridized carbons (Fsp3) is 0.886. The van der Waals surface area contributed by atoms with Gasteiger partial charge in [-0.25, -0.2) is 9.36 Å². The van der Waals surface area contributed by atoms with Gasteiger partial charge in [0.2, 0.25) is 0 Å². The number of phosphoric ester groups is 1. The van der Waals surface area contributed by atoms with Crippen LogP contribution >= 0.6 is 7.82 Å². The van der Waals surface area contributed by atoms with Gasteiger partial charge in [-0.2, -0.15) is 0 Å². The van der Waals surface area contributed by atoms with Crippen molar-refractivity contribution in [2.45, 2.75) is 224 Å². The first-order chi connectivity index (χ1) is 28.4. The SMILES string of the molecule is CCCCCCCC/C=C\CCCCCCCC(=O)OC(COC(=O)CCCCCCCCCCCCCCC)COP(=O)(O)OCC(O)C(O)C(O)C(O)C(=O)OC. The Balaban J connectivity index is 4.75. The highest BCUT2D eigenvalue weighted by Crippen LogP contribution is 2.43. The third-order valence-corrected chi connectivity index (χ3v) is 11.1. The second kappa shape index (κ2) is 39.0. The number of hydrogen-bond acceptors (Lipinski definition) is 13. The van der Waals surface area contributed by atoms with E-state index in [9.17, 15) is 44.3 Å². The van der Waals surface area contributed by atoms with Crippen LogP contribution in [0, 0.1) is 0 Å². The molecule has 0 amide bonds. The molecule has 14 nitrogen and oxygen atoms in total. The standard InChI is InChI=1S/C44H83O14P/c1-4-6-8-10-12-14-16-18-19-21-23-25-27-29-31-33-40(47)58-37(34-55-39(46)32-30-28-26-24-22-20-17-15-13-11-9-7-5-2)35-56-59(52,53)57-36-38(45)41(48)42(49)43(50)44(51)54-3/h18-19,37-38,41-43,45,48-50H,4-17,20-36H2,1-3H3,(H,52,53)/b19-18-. The number of unbranched alkanes of at least 4 members (excludes halogenated alkanes) is 23. The van der Waals surface area contributed by atoms with Gasteiger partial charge < -0.3 is 39.5 Å². The fourth-order valence-corrected chi connectivity index (χ4v) is 7.17. The van der Waals surface area contributed by atoms with Crippen LogP contribution in [0.2, 0.25) is 0 Å². The van der Waals surface area contributed by atoms with E-state index in [1.54, 1.807) is 0 Å². The van der Waals surface area contributed by atoms with Gasteiger partial charge in [0.15, 0.2) is 12.2 Å². The van der Waals surface area contributed by atoms with E-state index in [-0.39, 0.29) is 12.8 Å². The lowest BCUT2D eigenvalue weighted by molar-refractivity contribution is -0.167. The van der Waals surface area contributed by atoms with E-state index in [4.69, 9.17) is 18.5 Å². The summed E-state index contributed by atoms with van der Waals surface area (Å²) in [5, 5.41) is 39.8. The largest absolute Gasteiger partial charge is 0.472 e. The van der Waals surface area contributed by atoms with Crippen LogP contribution in [0.3, 0.4) is 0 Å². The van der Waals surface area contributed by atoms with Crippen molar-refractivity contribution in [2.75, 3.05) is 26.9 Å². The molecular formula is C44H83O14P. The van der Waals surface area contributed by atoms with Crippen LogP contribution in [0.4, 0.5) is 0 Å². The molecular weight excluding hydrogens is 783 g/mol. The van der Waals surface area contributed by atoms with Gasteiger partial charge in [0.1, 0.15) is 24.9 Å². The van der Waals surface area contributed by atoms with Crippen molar-refractivity contribution in [1.29, 1.82) is 0 Å². The molecule has 5 N–H and O–H groups in total. The van der Waals surface area contributed by atoms with Crippen molar-refractivity contribution in [1.82, 2.24) is 0 Å². The molecule has 0 aromatic carbocycles. The van der Waals surface area contributed by atoms with Gasteiger partial charge >= 0.3 is 25.7 Å². The molecule has 59 heavy (non-hydrogen) atoms. The Labute approximate surface area is 355 Å². The lowest BCUT2D eigenvalue weighted by Gasteiger charge is -2.25. The van der Waals surface area contributed by atoms with E-state index >= 15 is 0 Å². The minimum atomic E-state index is -4.95. The Kier molecular flexibility index (Phi) is 37.7. The third-order valence-electron chi connectivity index (χ3n) is 10.2. The number of phosphoric acid groups is 1. The maximum absolute atomic E-state index is 12.7. The predicted octanol–water partition coefficient (Wildman–Crippen LogP) is 8.71. The Bertz CT molecular complexity index is 1110. The molecule has 0 rings (SSSR count). The monoisotopic (exact) mass is 867 g/mol. The molecule has 0 saturated heterocycles. The van der Waals surface area contributed by atoms with Crippen molar-refractivity contribution < 1.29 is 67.5 Å². The number of rotatable bonds is 42. The van der Waals surface area contributed by atoms with E-state index in [2.05, 4.69) is 30.7 Å². The van der Waals surface area contributed by atoms with Crippen LogP contribution in [0.1, 0.15) is 194 Å². The maximum atomic E-state index is 12.7. The topological polar surface area (TPSA) is 216 Å². The third kappa shape index (κ3) is 34.4. The summed E-state index contributed by atoms with van der Waals surface area (Å²) < 4.78 is 37.3. The molecule has 348 valence electrons. The van der Waals surface area contributed by atoms with Gasteiger partial charge in [-0.3, -0.25) is 18.6 Å². The van der Waals surface area contributed by atoms with E-state index in [1.807, 2.05) is 0 Å². The summed E-state index contributed by atoms with van der Waals surface area (Å²) in [5.74, 6) is -2.36. The highest BCUT2D eigenvalue weighted by Gasteiger charge is 2.36. The molecule has 0 fully saturated rings. The zero-order valence-corrected chi connectivity index (χ0v) is 37.7. The number of carbonyl (C=O) groups is 3. The summed E-state index contributed by atoms with van der Waals surface area (Å²) >= 11 is 0. The first-order valence-corrected chi connectivity index (χ1v) is 24.3. The van der Waals surface area contributed by atoms with Gasteiger partial charge in [0.25, 0.3) is 0 Å². The van der Waals surface area contributed by atoms with Crippen molar-refractivity contribution in [3.63, 3.8) is 0 Å². The quantitative estimate of drug-likeness (QED) is 0.0128. The van der Waals surface area contributed by atoms with Crippen LogP contribution in [-0.4, -0.2) is 101 Å². The average molecular weight is 867 g/mol. The molecule has 15 heteroatoms. The number of aliphatic hydroxyl groups is 4. The molecule has 0 aliphatic rings. The van der Waals surface area contributed by atoms with E-state index < -0.39 is 76.1 Å². The summed E-state index contributed by atoms with van der Waals surface area (Å²) in [7, 11) is -4.01. The smallest absolute Gasteiger partial charge is 0.467 e. The molecule has 0 aliphatic heterocycles. The number of carbonyl (C=O) groups excluding carboxylic acids is 3. The summed E-state index contributed by atoms with van der Waals surface area (Å²) in [6, 6.07) is 0. The van der Waals surface area contributed by atoms with Gasteiger partial charge in [0.05, 0.1) is 20.3 Å². The zero-order chi connectivity index (χ0) is 44.0. The number of esters is 3. The predicted molar refractivity (Wildman–Crippen MR) is 228 cm³/mol. The van der Waals surface area contributed by atoms with Crippen molar-refractivity contribution >= 4 is 25.7 Å². The number of methoxy groups -OCH3 is 1. The Morgan fingerprint density at radius 1 is 0.542 bits per heavy atom. The van der Waals surface area contributed by atoms with E-state index in [1.165, 1.54) is 96.3 Å². The van der Waals surface area contributed by atoms with Gasteiger partial charge in [-0.1, -0.05) is 154 Å². The highest BCUT2D eigenvalue weighted by atomic mass is 31.2. The number of ether oxygens (including phenoxy) is 3. The van der Waals surface area contributed by atoms with Crippen LogP contribution < -0.4 is 0 Å². The molecule has 0 radical (unpaired) electrons. The van der Waals surface area contributed by atoms with Crippen LogP contribution in [0.5, 0.6) is 0 Å². The second-order valence-corrected chi connectivity index (χ2v) is 17.2. The first-order valence-electron chi connectivity index (χ1n) is 22.8. The Morgan fingerprint density at radius 2 is 0.949 bits per heavy atom. The average Bonchev–Trinajstić information content (AvgIpc) is 3.22. The highest BCUT2D eigenvalue weighted by molar-refractivity contribution is 7.47. The molecule has 0 spiro atoms. The molecule has 6 atom stereocenters.